The molecule has 0 saturated carbocycles. The zero-order chi connectivity index (χ0) is 13.8. The van der Waals surface area contributed by atoms with Gasteiger partial charge in [0.25, 0.3) is 0 Å². The summed E-state index contributed by atoms with van der Waals surface area (Å²) in [5.41, 5.74) is 3.40. The topological polar surface area (TPSA) is 12.9 Å². The predicted octanol–water partition coefficient (Wildman–Crippen LogP) is 4.92. The molecule has 2 aromatic carbocycles. The van der Waals surface area contributed by atoms with Crippen LogP contribution in [0, 0.1) is 0 Å². The smallest absolute Gasteiger partial charge is 0.0522 e. The summed E-state index contributed by atoms with van der Waals surface area (Å²) in [6.45, 7) is 0. The molecule has 3 aromatic rings. The lowest BCUT2D eigenvalue weighted by molar-refractivity contribution is 0.919. The van der Waals surface area contributed by atoms with E-state index < -0.39 is 0 Å². The van der Waals surface area contributed by atoms with Crippen LogP contribution in [0.25, 0.3) is 0 Å². The number of hydrogen-bond donors (Lipinski definition) is 0. The quantitative estimate of drug-likeness (QED) is 0.663. The Hall–Kier alpha value is -2.12. The Morgan fingerprint density at radius 1 is 0.750 bits per heavy atom. The van der Waals surface area contributed by atoms with E-state index in [0.29, 0.717) is 0 Å². The molecule has 98 valence electrons. The molecule has 3 rings (SSSR count). The summed E-state index contributed by atoms with van der Waals surface area (Å²) < 4.78 is 0. The van der Waals surface area contributed by atoms with Crippen molar-refractivity contribution in [3.05, 3.63) is 101 Å². The SMILES string of the molecule is Clc1cccc(C(c2ccccc2)c2ccccn2)c1. The van der Waals surface area contributed by atoms with Gasteiger partial charge in [-0.2, -0.15) is 0 Å². The lowest BCUT2D eigenvalue weighted by Crippen LogP contribution is -2.05. The number of hydrogen-bond acceptors (Lipinski definition) is 1. The molecular formula is C18H14ClN. The highest BCUT2D eigenvalue weighted by atomic mass is 35.5. The summed E-state index contributed by atoms with van der Waals surface area (Å²) in [4.78, 5) is 4.52. The van der Waals surface area contributed by atoms with Crippen LogP contribution < -0.4 is 0 Å². The van der Waals surface area contributed by atoms with Crippen LogP contribution in [-0.4, -0.2) is 4.98 Å². The van der Waals surface area contributed by atoms with Crippen molar-refractivity contribution in [2.45, 2.75) is 5.92 Å². The van der Waals surface area contributed by atoms with E-state index in [0.717, 1.165) is 16.3 Å². The lowest BCUT2D eigenvalue weighted by Gasteiger charge is -2.17. The number of aromatic nitrogens is 1. The minimum Gasteiger partial charge on any atom is -0.260 e. The number of pyridine rings is 1. The normalized spacial score (nSPS) is 12.1. The Morgan fingerprint density at radius 3 is 2.20 bits per heavy atom. The molecule has 0 aliphatic heterocycles. The number of halogens is 1. The largest absolute Gasteiger partial charge is 0.260 e. The van der Waals surface area contributed by atoms with Gasteiger partial charge in [-0.1, -0.05) is 60.1 Å². The van der Waals surface area contributed by atoms with Gasteiger partial charge in [0.15, 0.2) is 0 Å². The highest BCUT2D eigenvalue weighted by Crippen LogP contribution is 2.31. The molecule has 0 aliphatic carbocycles. The van der Waals surface area contributed by atoms with Crippen LogP contribution in [0.3, 0.4) is 0 Å². The van der Waals surface area contributed by atoms with Crippen molar-refractivity contribution in [1.29, 1.82) is 0 Å². The maximum absolute atomic E-state index is 6.14. The van der Waals surface area contributed by atoms with E-state index in [2.05, 4.69) is 41.4 Å². The molecule has 0 fully saturated rings. The second-order valence-electron chi connectivity index (χ2n) is 4.65. The Labute approximate surface area is 123 Å². The van der Waals surface area contributed by atoms with Crippen molar-refractivity contribution in [2.75, 3.05) is 0 Å². The first-order valence-electron chi connectivity index (χ1n) is 6.56. The van der Waals surface area contributed by atoms with E-state index in [1.54, 1.807) is 0 Å². The van der Waals surface area contributed by atoms with Crippen LogP contribution in [0.5, 0.6) is 0 Å². The maximum Gasteiger partial charge on any atom is 0.0522 e. The van der Waals surface area contributed by atoms with Crippen molar-refractivity contribution in [1.82, 2.24) is 4.98 Å². The first-order chi connectivity index (χ1) is 9.84. The molecule has 1 nitrogen and oxygen atoms in total. The minimum atomic E-state index is 0.107. The van der Waals surface area contributed by atoms with Gasteiger partial charge in [-0.15, -0.1) is 0 Å². The van der Waals surface area contributed by atoms with Gasteiger partial charge in [-0.3, -0.25) is 4.98 Å². The highest BCUT2D eigenvalue weighted by molar-refractivity contribution is 6.30. The molecule has 1 aromatic heterocycles. The van der Waals surface area contributed by atoms with Crippen molar-refractivity contribution in [3.63, 3.8) is 0 Å². The van der Waals surface area contributed by atoms with Crippen molar-refractivity contribution >= 4 is 11.6 Å². The predicted molar refractivity (Wildman–Crippen MR) is 83.1 cm³/mol. The number of nitrogens with zero attached hydrogens (tertiary/aromatic N) is 1. The van der Waals surface area contributed by atoms with Crippen LogP contribution in [0.1, 0.15) is 22.7 Å². The fraction of sp³-hybridized carbons (Fsp3) is 0.0556. The third-order valence-corrected chi connectivity index (χ3v) is 3.53. The van der Waals surface area contributed by atoms with Crippen LogP contribution in [-0.2, 0) is 0 Å². The van der Waals surface area contributed by atoms with Crippen LogP contribution >= 0.6 is 11.6 Å². The molecule has 1 heterocycles. The van der Waals surface area contributed by atoms with Gasteiger partial charge in [0.05, 0.1) is 11.6 Å². The summed E-state index contributed by atoms with van der Waals surface area (Å²) in [6.07, 6.45) is 1.83. The molecule has 0 spiro atoms. The molecule has 2 heteroatoms. The molecule has 1 atom stereocenters. The average molecular weight is 280 g/mol. The van der Waals surface area contributed by atoms with E-state index in [4.69, 9.17) is 11.6 Å². The zero-order valence-corrected chi connectivity index (χ0v) is 11.7. The van der Waals surface area contributed by atoms with Crippen molar-refractivity contribution < 1.29 is 0 Å². The monoisotopic (exact) mass is 279 g/mol. The van der Waals surface area contributed by atoms with Gasteiger partial charge in [-0.25, -0.2) is 0 Å². The minimum absolute atomic E-state index is 0.107. The second-order valence-corrected chi connectivity index (χ2v) is 5.09. The van der Waals surface area contributed by atoms with Gasteiger partial charge >= 0.3 is 0 Å². The van der Waals surface area contributed by atoms with E-state index in [9.17, 15) is 0 Å². The number of rotatable bonds is 3. The van der Waals surface area contributed by atoms with E-state index >= 15 is 0 Å². The third-order valence-electron chi connectivity index (χ3n) is 3.30. The molecule has 0 aliphatic rings. The zero-order valence-electron chi connectivity index (χ0n) is 10.9. The summed E-state index contributed by atoms with van der Waals surface area (Å²) in [6, 6.07) is 24.4. The van der Waals surface area contributed by atoms with E-state index in [1.807, 2.05) is 42.6 Å². The van der Waals surface area contributed by atoms with Gasteiger partial charge < -0.3 is 0 Å². The van der Waals surface area contributed by atoms with E-state index in [-0.39, 0.29) is 5.92 Å². The van der Waals surface area contributed by atoms with Crippen molar-refractivity contribution in [2.24, 2.45) is 0 Å². The summed E-state index contributed by atoms with van der Waals surface area (Å²) in [7, 11) is 0. The highest BCUT2D eigenvalue weighted by Gasteiger charge is 2.17. The molecule has 20 heavy (non-hydrogen) atoms. The van der Waals surface area contributed by atoms with E-state index in [1.165, 1.54) is 5.56 Å². The van der Waals surface area contributed by atoms with Crippen molar-refractivity contribution in [3.8, 4) is 0 Å². The standard InChI is InChI=1S/C18H14ClN/c19-16-10-6-9-15(13-16)18(14-7-2-1-3-8-14)17-11-4-5-12-20-17/h1-13,18H. The lowest BCUT2D eigenvalue weighted by atomic mass is 9.88. The van der Waals surface area contributed by atoms with Crippen LogP contribution in [0.2, 0.25) is 5.02 Å². The molecule has 0 amide bonds. The fourth-order valence-corrected chi connectivity index (χ4v) is 2.61. The molecular weight excluding hydrogens is 266 g/mol. The third kappa shape index (κ3) is 2.73. The van der Waals surface area contributed by atoms with Crippen LogP contribution in [0.15, 0.2) is 79.0 Å². The second kappa shape index (κ2) is 5.89. The van der Waals surface area contributed by atoms with Gasteiger partial charge in [0, 0.05) is 11.2 Å². The molecule has 0 bridgehead atoms. The summed E-state index contributed by atoms with van der Waals surface area (Å²) >= 11 is 6.14. The van der Waals surface area contributed by atoms with Crippen LogP contribution in [0.4, 0.5) is 0 Å². The molecule has 0 radical (unpaired) electrons. The first kappa shape index (κ1) is 12.9. The molecule has 1 unspecified atom stereocenters. The maximum atomic E-state index is 6.14. The van der Waals surface area contributed by atoms with Gasteiger partial charge in [0.1, 0.15) is 0 Å². The molecule has 0 N–H and O–H groups in total. The first-order valence-corrected chi connectivity index (χ1v) is 6.94. The Bertz CT molecular complexity index is 641. The average Bonchev–Trinajstić information content (AvgIpc) is 2.50. The van der Waals surface area contributed by atoms with Gasteiger partial charge in [0.2, 0.25) is 0 Å². The van der Waals surface area contributed by atoms with Gasteiger partial charge in [-0.05, 0) is 35.4 Å². The molecule has 0 saturated heterocycles. The Balaban J connectivity index is 2.14. The Morgan fingerprint density at radius 2 is 1.50 bits per heavy atom. The Kier molecular flexibility index (Phi) is 3.80. The number of benzene rings is 2. The summed E-state index contributed by atoms with van der Waals surface area (Å²) in [5.74, 6) is 0.107. The summed E-state index contributed by atoms with van der Waals surface area (Å²) in [5, 5.41) is 0.749. The fourth-order valence-electron chi connectivity index (χ4n) is 2.41.